The average molecular weight is 269 g/mol. The van der Waals surface area contributed by atoms with E-state index in [9.17, 15) is 4.79 Å². The number of likely N-dealkylation sites (tertiary alicyclic amines) is 1. The Morgan fingerprint density at radius 2 is 2.44 bits per heavy atom. The number of pyridine rings is 1. The average Bonchev–Trinajstić information content (AvgIpc) is 2.38. The number of piperidine rings is 1. The Labute approximate surface area is 112 Å². The van der Waals surface area contributed by atoms with E-state index in [4.69, 9.17) is 16.3 Å². The topological polar surface area (TPSA) is 42.4 Å². The largest absolute Gasteiger partial charge is 0.469 e. The van der Waals surface area contributed by atoms with Crippen LogP contribution in [0.2, 0.25) is 5.15 Å². The van der Waals surface area contributed by atoms with Crippen LogP contribution < -0.4 is 0 Å². The van der Waals surface area contributed by atoms with Crippen LogP contribution in [0.4, 0.5) is 0 Å². The summed E-state index contributed by atoms with van der Waals surface area (Å²) in [5.41, 5.74) is 0.938. The van der Waals surface area contributed by atoms with Crippen molar-refractivity contribution in [2.75, 3.05) is 20.2 Å². The van der Waals surface area contributed by atoms with E-state index >= 15 is 0 Å². The maximum Gasteiger partial charge on any atom is 0.309 e. The third-order valence-corrected chi connectivity index (χ3v) is 3.41. The highest BCUT2D eigenvalue weighted by atomic mass is 35.5. The molecule has 4 nitrogen and oxygen atoms in total. The molecule has 0 aliphatic carbocycles. The lowest BCUT2D eigenvalue weighted by Crippen LogP contribution is -2.38. The number of hydrogen-bond donors (Lipinski definition) is 0. The number of nitrogens with zero attached hydrogens (tertiary/aromatic N) is 2. The van der Waals surface area contributed by atoms with E-state index in [-0.39, 0.29) is 11.9 Å². The minimum absolute atomic E-state index is 0.0112. The van der Waals surface area contributed by atoms with Gasteiger partial charge < -0.3 is 4.74 Å². The summed E-state index contributed by atoms with van der Waals surface area (Å²) in [4.78, 5) is 18.0. The first kappa shape index (κ1) is 13.3. The Morgan fingerprint density at radius 1 is 1.61 bits per heavy atom. The summed E-state index contributed by atoms with van der Waals surface area (Å²) < 4.78 is 4.81. The van der Waals surface area contributed by atoms with Crippen molar-refractivity contribution in [1.82, 2.24) is 9.88 Å². The van der Waals surface area contributed by atoms with Gasteiger partial charge in [-0.1, -0.05) is 17.7 Å². The van der Waals surface area contributed by atoms with Crippen molar-refractivity contribution < 1.29 is 9.53 Å². The quantitative estimate of drug-likeness (QED) is 0.622. The monoisotopic (exact) mass is 268 g/mol. The van der Waals surface area contributed by atoms with Crippen molar-refractivity contribution in [1.29, 1.82) is 0 Å². The molecule has 5 heteroatoms. The number of ether oxygens (including phenoxy) is 1. The summed E-state index contributed by atoms with van der Waals surface area (Å²) in [6.45, 7) is 2.45. The van der Waals surface area contributed by atoms with Gasteiger partial charge in [0, 0.05) is 13.1 Å². The van der Waals surface area contributed by atoms with E-state index in [0.717, 1.165) is 38.2 Å². The van der Waals surface area contributed by atoms with Gasteiger partial charge in [0.1, 0.15) is 5.15 Å². The van der Waals surface area contributed by atoms with Gasteiger partial charge in [-0.15, -0.1) is 0 Å². The van der Waals surface area contributed by atoms with Crippen LogP contribution in [0.15, 0.2) is 18.2 Å². The van der Waals surface area contributed by atoms with Crippen molar-refractivity contribution in [3.8, 4) is 0 Å². The predicted octanol–water partition coefficient (Wildman–Crippen LogP) is 2.12. The SMILES string of the molecule is COC(=O)[C@H]1CCCN(Cc2cccc(Cl)n2)C1. The molecule has 0 amide bonds. The lowest BCUT2D eigenvalue weighted by Gasteiger charge is -2.30. The highest BCUT2D eigenvalue weighted by molar-refractivity contribution is 6.29. The fourth-order valence-electron chi connectivity index (χ4n) is 2.33. The van der Waals surface area contributed by atoms with Gasteiger partial charge in [-0.3, -0.25) is 9.69 Å². The fraction of sp³-hybridized carbons (Fsp3) is 0.538. The minimum atomic E-state index is -0.112. The van der Waals surface area contributed by atoms with Crippen LogP contribution in [0.3, 0.4) is 0 Å². The number of aromatic nitrogens is 1. The first-order valence-corrected chi connectivity index (χ1v) is 6.48. The molecule has 1 atom stereocenters. The van der Waals surface area contributed by atoms with Crippen molar-refractivity contribution in [2.45, 2.75) is 19.4 Å². The van der Waals surface area contributed by atoms with Crippen LogP contribution in [-0.4, -0.2) is 36.1 Å². The molecule has 0 N–H and O–H groups in total. The molecule has 1 aliphatic rings. The molecule has 18 heavy (non-hydrogen) atoms. The molecule has 1 aliphatic heterocycles. The van der Waals surface area contributed by atoms with Crippen molar-refractivity contribution in [3.05, 3.63) is 29.0 Å². The number of carbonyl (C=O) groups excluding carboxylic acids is 1. The molecule has 0 radical (unpaired) electrons. The molecule has 98 valence electrons. The maximum absolute atomic E-state index is 11.5. The van der Waals surface area contributed by atoms with E-state index in [1.807, 2.05) is 12.1 Å². The standard InChI is InChI=1S/C13H17ClN2O2/c1-18-13(17)10-4-3-7-16(8-10)9-11-5-2-6-12(14)15-11/h2,5-6,10H,3-4,7-9H2,1H3/t10-/m0/s1. The van der Waals surface area contributed by atoms with Gasteiger partial charge in [-0.25, -0.2) is 4.98 Å². The molecule has 1 aromatic rings. The summed E-state index contributed by atoms with van der Waals surface area (Å²) in [6, 6.07) is 5.61. The number of rotatable bonds is 3. The third-order valence-electron chi connectivity index (χ3n) is 3.20. The summed E-state index contributed by atoms with van der Waals surface area (Å²) in [5, 5.41) is 0.508. The van der Waals surface area contributed by atoms with E-state index in [1.54, 1.807) is 6.07 Å². The van der Waals surface area contributed by atoms with Gasteiger partial charge in [-0.2, -0.15) is 0 Å². The van der Waals surface area contributed by atoms with Gasteiger partial charge in [-0.05, 0) is 31.5 Å². The van der Waals surface area contributed by atoms with Crippen LogP contribution in [0.1, 0.15) is 18.5 Å². The second-order valence-corrected chi connectivity index (χ2v) is 4.94. The first-order valence-electron chi connectivity index (χ1n) is 6.10. The van der Waals surface area contributed by atoms with Crippen LogP contribution in [0, 0.1) is 5.92 Å². The molecular formula is C13H17ClN2O2. The zero-order valence-corrected chi connectivity index (χ0v) is 11.2. The number of esters is 1. The number of hydrogen-bond acceptors (Lipinski definition) is 4. The maximum atomic E-state index is 11.5. The Balaban J connectivity index is 1.95. The highest BCUT2D eigenvalue weighted by Gasteiger charge is 2.26. The van der Waals surface area contributed by atoms with Crippen LogP contribution in [-0.2, 0) is 16.1 Å². The molecule has 2 heterocycles. The minimum Gasteiger partial charge on any atom is -0.469 e. The first-order chi connectivity index (χ1) is 8.69. The molecule has 0 aromatic carbocycles. The smallest absolute Gasteiger partial charge is 0.309 e. The second-order valence-electron chi connectivity index (χ2n) is 4.55. The lowest BCUT2D eigenvalue weighted by molar-refractivity contribution is -0.147. The van der Waals surface area contributed by atoms with Gasteiger partial charge in [0.15, 0.2) is 0 Å². The Kier molecular flexibility index (Phi) is 4.55. The predicted molar refractivity (Wildman–Crippen MR) is 69.3 cm³/mol. The third kappa shape index (κ3) is 3.43. The molecule has 2 rings (SSSR count). The Morgan fingerprint density at radius 3 is 3.17 bits per heavy atom. The normalized spacial score (nSPS) is 20.7. The summed E-state index contributed by atoms with van der Waals surface area (Å²) in [6.07, 6.45) is 1.92. The molecule has 1 saturated heterocycles. The van der Waals surface area contributed by atoms with Crippen LogP contribution in [0.5, 0.6) is 0 Å². The van der Waals surface area contributed by atoms with Crippen molar-refractivity contribution in [3.63, 3.8) is 0 Å². The van der Waals surface area contributed by atoms with Gasteiger partial charge in [0.05, 0.1) is 18.7 Å². The molecule has 1 aromatic heterocycles. The number of carbonyl (C=O) groups is 1. The lowest BCUT2D eigenvalue weighted by atomic mass is 9.98. The van der Waals surface area contributed by atoms with E-state index < -0.39 is 0 Å². The van der Waals surface area contributed by atoms with Crippen LogP contribution in [0.25, 0.3) is 0 Å². The van der Waals surface area contributed by atoms with E-state index in [2.05, 4.69) is 9.88 Å². The van der Waals surface area contributed by atoms with Crippen molar-refractivity contribution >= 4 is 17.6 Å². The van der Waals surface area contributed by atoms with Crippen molar-refractivity contribution in [2.24, 2.45) is 5.92 Å². The fourth-order valence-corrected chi connectivity index (χ4v) is 2.51. The zero-order chi connectivity index (χ0) is 13.0. The molecule has 0 unspecified atom stereocenters. The number of methoxy groups -OCH3 is 1. The molecule has 1 fully saturated rings. The Hall–Kier alpha value is -1.13. The van der Waals surface area contributed by atoms with E-state index in [1.165, 1.54) is 7.11 Å². The highest BCUT2D eigenvalue weighted by Crippen LogP contribution is 2.19. The molecular weight excluding hydrogens is 252 g/mol. The summed E-state index contributed by atoms with van der Waals surface area (Å²) in [5.74, 6) is -0.123. The van der Waals surface area contributed by atoms with Gasteiger partial charge >= 0.3 is 5.97 Å². The molecule has 0 saturated carbocycles. The Bertz CT molecular complexity index is 425. The summed E-state index contributed by atoms with van der Waals surface area (Å²) >= 11 is 5.86. The molecule has 0 bridgehead atoms. The number of halogens is 1. The van der Waals surface area contributed by atoms with E-state index in [0.29, 0.717) is 5.15 Å². The van der Waals surface area contributed by atoms with Gasteiger partial charge in [0.2, 0.25) is 0 Å². The second kappa shape index (κ2) is 6.16. The summed E-state index contributed by atoms with van der Waals surface area (Å²) in [7, 11) is 1.44. The zero-order valence-electron chi connectivity index (χ0n) is 10.4. The van der Waals surface area contributed by atoms with Crippen LogP contribution >= 0.6 is 11.6 Å². The van der Waals surface area contributed by atoms with Gasteiger partial charge in [0.25, 0.3) is 0 Å². The molecule has 0 spiro atoms.